The summed E-state index contributed by atoms with van der Waals surface area (Å²) < 4.78 is 0. The fourth-order valence-electron chi connectivity index (χ4n) is 0.525. The molecule has 6 nitrogen and oxygen atoms in total. The van der Waals surface area contributed by atoms with Crippen molar-refractivity contribution in [3.8, 4) is 0 Å². The molecule has 0 aromatic rings. The molecule has 0 bridgehead atoms. The van der Waals surface area contributed by atoms with E-state index in [2.05, 4.69) is 9.78 Å². The van der Waals surface area contributed by atoms with Gasteiger partial charge in [0.15, 0.2) is 0 Å². The molecule has 0 rings (SSSR count). The second-order valence-corrected chi connectivity index (χ2v) is 7.51. The monoisotopic (exact) mass is 320 g/mol. The molecule has 0 amide bonds. The van der Waals surface area contributed by atoms with Crippen LogP contribution in [0.4, 0.5) is 0 Å². The summed E-state index contributed by atoms with van der Waals surface area (Å²) in [6.07, 6.45) is 0. The van der Waals surface area contributed by atoms with Gasteiger partial charge in [0.2, 0.25) is 0 Å². The predicted octanol–water partition coefficient (Wildman–Crippen LogP) is 3.83. The Labute approximate surface area is 134 Å². The highest BCUT2D eigenvalue weighted by molar-refractivity contribution is 5.71. The van der Waals surface area contributed by atoms with Crippen molar-refractivity contribution < 1.29 is 29.1 Å². The minimum atomic E-state index is -0.426. The summed E-state index contributed by atoms with van der Waals surface area (Å²) in [4.78, 5) is 40.3. The molecule has 0 aliphatic carbocycles. The van der Waals surface area contributed by atoms with Gasteiger partial charge in [0, 0.05) is 0 Å². The Morgan fingerprint density at radius 1 is 0.636 bits per heavy atom. The van der Waals surface area contributed by atoms with Gasteiger partial charge in [-0.2, -0.15) is 9.78 Å². The van der Waals surface area contributed by atoms with E-state index in [4.69, 9.17) is 9.78 Å². The summed E-state index contributed by atoms with van der Waals surface area (Å²) in [5.74, 6) is -0.949. The van der Waals surface area contributed by atoms with Crippen molar-refractivity contribution in [2.24, 2.45) is 11.8 Å². The van der Waals surface area contributed by atoms with Crippen molar-refractivity contribution in [3.63, 3.8) is 0 Å². The number of hydrogen-bond acceptors (Lipinski definition) is 6. The zero-order chi connectivity index (χ0) is 18.1. The molecular weight excluding hydrogens is 288 g/mol. The van der Waals surface area contributed by atoms with E-state index in [1.54, 1.807) is 27.7 Å². The lowest BCUT2D eigenvalue weighted by Gasteiger charge is -2.17. The third-order valence-corrected chi connectivity index (χ3v) is 1.69. The van der Waals surface area contributed by atoms with Crippen molar-refractivity contribution in [2.45, 2.75) is 80.4 Å². The van der Waals surface area contributed by atoms with Crippen LogP contribution in [0.15, 0.2) is 0 Å². The smallest absolute Gasteiger partial charge is 0.298 e. The quantitative estimate of drug-likeness (QED) is 0.579. The lowest BCUT2D eigenvalue weighted by molar-refractivity contribution is -0.322. The molecule has 6 heteroatoms. The molecule has 0 fully saturated rings. The first-order valence-electron chi connectivity index (χ1n) is 7.44. The van der Waals surface area contributed by atoms with Crippen LogP contribution in [0.3, 0.4) is 0 Å². The Bertz CT molecular complexity index is 300. The molecule has 0 saturated heterocycles. The van der Waals surface area contributed by atoms with E-state index in [0.29, 0.717) is 0 Å². The number of rotatable bonds is 4. The van der Waals surface area contributed by atoms with E-state index < -0.39 is 11.2 Å². The SMILES string of the molecule is CC(C)C(=O)OOC(C)(C)C.CC(C)C(=O)OOC(C)(C)C. The van der Waals surface area contributed by atoms with E-state index >= 15 is 0 Å². The molecule has 0 atom stereocenters. The van der Waals surface area contributed by atoms with Crippen molar-refractivity contribution in [3.05, 3.63) is 0 Å². The largest absolute Gasteiger partial charge is 0.344 e. The average Bonchev–Trinajstić information content (AvgIpc) is 2.31. The van der Waals surface area contributed by atoms with Gasteiger partial charge in [0.05, 0.1) is 11.8 Å². The van der Waals surface area contributed by atoms with Crippen molar-refractivity contribution >= 4 is 11.9 Å². The summed E-state index contributed by atoms with van der Waals surface area (Å²) in [7, 11) is 0. The van der Waals surface area contributed by atoms with Crippen LogP contribution in [0, 0.1) is 11.8 Å². The average molecular weight is 320 g/mol. The normalized spacial score (nSPS) is 11.8. The third-order valence-electron chi connectivity index (χ3n) is 1.69. The van der Waals surface area contributed by atoms with E-state index in [1.807, 2.05) is 41.5 Å². The summed E-state index contributed by atoms with van der Waals surface area (Å²) in [6, 6.07) is 0. The number of carbonyl (C=O) groups excluding carboxylic acids is 2. The number of carbonyl (C=O) groups is 2. The summed E-state index contributed by atoms with van der Waals surface area (Å²) in [6.45, 7) is 18.0. The van der Waals surface area contributed by atoms with Crippen LogP contribution in [-0.2, 0) is 29.1 Å². The Kier molecular flexibility index (Phi) is 10.3. The maximum absolute atomic E-state index is 10.8. The first-order valence-corrected chi connectivity index (χ1v) is 7.44. The van der Waals surface area contributed by atoms with Gasteiger partial charge in [-0.15, -0.1) is 0 Å². The zero-order valence-corrected chi connectivity index (χ0v) is 15.6. The van der Waals surface area contributed by atoms with Crippen molar-refractivity contribution in [1.29, 1.82) is 0 Å². The third kappa shape index (κ3) is 16.9. The number of hydrogen-bond donors (Lipinski definition) is 0. The Hall–Kier alpha value is -1.14. The van der Waals surface area contributed by atoms with E-state index in [-0.39, 0.29) is 23.8 Å². The fourth-order valence-corrected chi connectivity index (χ4v) is 0.525. The zero-order valence-electron chi connectivity index (χ0n) is 15.6. The van der Waals surface area contributed by atoms with Crippen LogP contribution in [0.25, 0.3) is 0 Å². The van der Waals surface area contributed by atoms with Crippen LogP contribution in [0.5, 0.6) is 0 Å². The van der Waals surface area contributed by atoms with E-state index in [9.17, 15) is 9.59 Å². The molecule has 0 aliphatic heterocycles. The van der Waals surface area contributed by atoms with Gasteiger partial charge in [-0.3, -0.25) is 9.78 Å². The maximum atomic E-state index is 10.8. The van der Waals surface area contributed by atoms with Gasteiger partial charge in [-0.25, -0.2) is 9.59 Å². The molecule has 0 saturated carbocycles. The molecule has 0 aliphatic rings. The molecular formula is C16H32O6. The van der Waals surface area contributed by atoms with E-state index in [0.717, 1.165) is 0 Å². The van der Waals surface area contributed by atoms with Crippen molar-refractivity contribution in [2.75, 3.05) is 0 Å². The minimum absolute atomic E-state index is 0.141. The van der Waals surface area contributed by atoms with Gasteiger partial charge in [0.25, 0.3) is 0 Å². The summed E-state index contributed by atoms with van der Waals surface area (Å²) >= 11 is 0. The van der Waals surface area contributed by atoms with Crippen LogP contribution >= 0.6 is 0 Å². The Balaban J connectivity index is 0. The highest BCUT2D eigenvalue weighted by Gasteiger charge is 2.17. The summed E-state index contributed by atoms with van der Waals surface area (Å²) in [5.41, 5.74) is -0.852. The van der Waals surface area contributed by atoms with Gasteiger partial charge in [-0.05, 0) is 41.5 Å². The molecule has 132 valence electrons. The molecule has 0 heterocycles. The van der Waals surface area contributed by atoms with Crippen LogP contribution in [0.1, 0.15) is 69.2 Å². The highest BCUT2D eigenvalue weighted by atomic mass is 17.2. The molecule has 0 aromatic heterocycles. The second-order valence-electron chi connectivity index (χ2n) is 7.51. The van der Waals surface area contributed by atoms with Gasteiger partial charge in [0.1, 0.15) is 11.2 Å². The van der Waals surface area contributed by atoms with E-state index in [1.165, 1.54) is 0 Å². The van der Waals surface area contributed by atoms with Gasteiger partial charge >= 0.3 is 11.9 Å². The minimum Gasteiger partial charge on any atom is -0.298 e. The Morgan fingerprint density at radius 3 is 1.00 bits per heavy atom. The molecule has 0 N–H and O–H groups in total. The highest BCUT2D eigenvalue weighted by Crippen LogP contribution is 2.09. The topological polar surface area (TPSA) is 71.1 Å². The maximum Gasteiger partial charge on any atom is 0.344 e. The molecule has 0 spiro atoms. The first-order chi connectivity index (χ1) is 9.65. The second kappa shape index (κ2) is 9.79. The molecule has 0 unspecified atom stereocenters. The van der Waals surface area contributed by atoms with Crippen LogP contribution in [0.2, 0.25) is 0 Å². The van der Waals surface area contributed by atoms with Gasteiger partial charge < -0.3 is 0 Å². The lowest BCUT2D eigenvalue weighted by Crippen LogP contribution is -2.23. The lowest BCUT2D eigenvalue weighted by atomic mass is 10.2. The fraction of sp³-hybridized carbons (Fsp3) is 0.875. The molecule has 0 radical (unpaired) electrons. The van der Waals surface area contributed by atoms with Gasteiger partial charge in [-0.1, -0.05) is 27.7 Å². The predicted molar refractivity (Wildman–Crippen MR) is 83.5 cm³/mol. The Morgan fingerprint density at radius 2 is 0.864 bits per heavy atom. The molecule has 0 aromatic carbocycles. The summed E-state index contributed by atoms with van der Waals surface area (Å²) in [5, 5.41) is 0. The van der Waals surface area contributed by atoms with Crippen LogP contribution < -0.4 is 0 Å². The molecule has 22 heavy (non-hydrogen) atoms. The standard InChI is InChI=1S/2C8H16O3/c2*1-6(2)7(9)10-11-8(3,4)5/h2*6H,1-5H3. The van der Waals surface area contributed by atoms with Crippen LogP contribution in [-0.4, -0.2) is 23.1 Å². The first kappa shape index (κ1) is 23.1. The van der Waals surface area contributed by atoms with Crippen molar-refractivity contribution in [1.82, 2.24) is 0 Å².